The molecule has 0 atom stereocenters. The minimum absolute atomic E-state index is 0.186. The number of aromatic nitrogens is 2. The van der Waals surface area contributed by atoms with Crippen LogP contribution in [0.4, 0.5) is 11.8 Å². The molecule has 2 fully saturated rings. The van der Waals surface area contributed by atoms with Crippen molar-refractivity contribution in [2.24, 2.45) is 0 Å². The fourth-order valence-corrected chi connectivity index (χ4v) is 3.09. The van der Waals surface area contributed by atoms with Gasteiger partial charge in [0.05, 0.1) is 18.4 Å². The van der Waals surface area contributed by atoms with Gasteiger partial charge in [-0.3, -0.25) is 4.90 Å². The first-order valence-corrected chi connectivity index (χ1v) is 7.94. The van der Waals surface area contributed by atoms with Gasteiger partial charge in [0.25, 0.3) is 0 Å². The van der Waals surface area contributed by atoms with E-state index in [-0.39, 0.29) is 6.10 Å². The van der Waals surface area contributed by atoms with Gasteiger partial charge < -0.3 is 20.5 Å². The number of piperazine rings is 1. The van der Waals surface area contributed by atoms with Crippen molar-refractivity contribution in [3.63, 3.8) is 0 Å². The van der Waals surface area contributed by atoms with E-state index in [0.29, 0.717) is 11.9 Å². The molecule has 1 aliphatic carbocycles. The normalized spacial score (nSPS) is 26.0. The SMILES string of the molecule is COCCN1CCN(c2cc(C3CC(O)C3)nc(N)n2)CC1. The minimum atomic E-state index is -0.186. The van der Waals surface area contributed by atoms with Crippen molar-refractivity contribution >= 4 is 11.8 Å². The minimum Gasteiger partial charge on any atom is -0.393 e. The highest BCUT2D eigenvalue weighted by atomic mass is 16.5. The van der Waals surface area contributed by atoms with E-state index in [1.807, 2.05) is 6.07 Å². The maximum atomic E-state index is 9.47. The zero-order valence-electron chi connectivity index (χ0n) is 13.1. The number of nitrogens with two attached hydrogens (primary N) is 1. The number of aliphatic hydroxyl groups is 1. The van der Waals surface area contributed by atoms with Crippen LogP contribution in [0.5, 0.6) is 0 Å². The number of rotatable bonds is 5. The van der Waals surface area contributed by atoms with Crippen LogP contribution in [0.1, 0.15) is 24.5 Å². The third-order valence-corrected chi connectivity index (χ3v) is 4.59. The summed E-state index contributed by atoms with van der Waals surface area (Å²) in [6.07, 6.45) is 1.37. The Morgan fingerprint density at radius 3 is 2.64 bits per heavy atom. The topological polar surface area (TPSA) is 87.7 Å². The first-order valence-electron chi connectivity index (χ1n) is 7.94. The Bertz CT molecular complexity index is 499. The Labute approximate surface area is 131 Å². The number of methoxy groups -OCH3 is 1. The van der Waals surface area contributed by atoms with Gasteiger partial charge in [-0.1, -0.05) is 0 Å². The molecule has 0 aromatic carbocycles. The van der Waals surface area contributed by atoms with Gasteiger partial charge in [0.15, 0.2) is 0 Å². The standard InChI is InChI=1S/C15H25N5O2/c1-22-7-6-19-2-4-20(5-3-19)14-10-13(17-15(16)18-14)11-8-12(21)9-11/h10-12,21H,2-9H2,1H3,(H2,16,17,18). The predicted octanol–water partition coefficient (Wildman–Crippen LogP) is 0.0655. The van der Waals surface area contributed by atoms with E-state index in [9.17, 15) is 5.11 Å². The molecule has 1 saturated heterocycles. The molecule has 1 aromatic rings. The fraction of sp³-hybridized carbons (Fsp3) is 0.733. The fourth-order valence-electron chi connectivity index (χ4n) is 3.09. The van der Waals surface area contributed by atoms with Gasteiger partial charge in [-0.25, -0.2) is 4.98 Å². The largest absolute Gasteiger partial charge is 0.393 e. The number of hydrogen-bond acceptors (Lipinski definition) is 7. The van der Waals surface area contributed by atoms with Crippen LogP contribution in [-0.4, -0.2) is 72.5 Å². The van der Waals surface area contributed by atoms with Crippen LogP contribution in [0.3, 0.4) is 0 Å². The number of anilines is 2. The molecule has 1 aliphatic heterocycles. The average Bonchev–Trinajstić information content (AvgIpc) is 2.49. The second-order valence-electron chi connectivity index (χ2n) is 6.15. The predicted molar refractivity (Wildman–Crippen MR) is 85.0 cm³/mol. The maximum absolute atomic E-state index is 9.47. The summed E-state index contributed by atoms with van der Waals surface area (Å²) in [5.41, 5.74) is 6.84. The molecule has 122 valence electrons. The lowest BCUT2D eigenvalue weighted by Crippen LogP contribution is -2.47. The Morgan fingerprint density at radius 1 is 1.27 bits per heavy atom. The first-order chi connectivity index (χ1) is 10.7. The first kappa shape index (κ1) is 15.5. The van der Waals surface area contributed by atoms with Crippen LogP contribution < -0.4 is 10.6 Å². The summed E-state index contributed by atoms with van der Waals surface area (Å²) in [5, 5.41) is 9.47. The molecule has 7 heteroatoms. The number of hydrogen-bond donors (Lipinski definition) is 2. The lowest BCUT2D eigenvalue weighted by atomic mass is 9.80. The third kappa shape index (κ3) is 3.48. The van der Waals surface area contributed by atoms with Crippen molar-refractivity contribution in [3.05, 3.63) is 11.8 Å². The molecule has 0 amide bonds. The van der Waals surface area contributed by atoms with Crippen LogP contribution in [0.25, 0.3) is 0 Å². The van der Waals surface area contributed by atoms with E-state index >= 15 is 0 Å². The average molecular weight is 307 g/mol. The summed E-state index contributed by atoms with van der Waals surface area (Å²) in [6.45, 7) is 5.63. The highest BCUT2D eigenvalue weighted by Crippen LogP contribution is 2.36. The van der Waals surface area contributed by atoms with Crippen LogP contribution in [0, 0.1) is 0 Å². The van der Waals surface area contributed by atoms with Crippen LogP contribution in [0.2, 0.25) is 0 Å². The molecule has 0 unspecified atom stereocenters. The summed E-state index contributed by atoms with van der Waals surface area (Å²) >= 11 is 0. The van der Waals surface area contributed by atoms with E-state index in [1.165, 1.54) is 0 Å². The lowest BCUT2D eigenvalue weighted by Gasteiger charge is -2.36. The second-order valence-corrected chi connectivity index (χ2v) is 6.15. The molecule has 2 aliphatic rings. The second kappa shape index (κ2) is 6.76. The molecule has 1 saturated carbocycles. The Hall–Kier alpha value is -1.44. The quantitative estimate of drug-likeness (QED) is 0.795. The van der Waals surface area contributed by atoms with Gasteiger partial charge in [0.2, 0.25) is 5.95 Å². The molecule has 0 bridgehead atoms. The zero-order valence-corrected chi connectivity index (χ0v) is 13.1. The number of nitrogen functional groups attached to an aromatic ring is 1. The maximum Gasteiger partial charge on any atom is 0.222 e. The molecule has 2 heterocycles. The van der Waals surface area contributed by atoms with Gasteiger partial charge in [-0.15, -0.1) is 0 Å². The van der Waals surface area contributed by atoms with Gasteiger partial charge in [-0.2, -0.15) is 4.98 Å². The number of ether oxygens (including phenoxy) is 1. The Kier molecular flexibility index (Phi) is 4.75. The molecule has 1 aromatic heterocycles. The van der Waals surface area contributed by atoms with Gasteiger partial charge in [0.1, 0.15) is 5.82 Å². The molecule has 22 heavy (non-hydrogen) atoms. The smallest absolute Gasteiger partial charge is 0.222 e. The number of nitrogens with zero attached hydrogens (tertiary/aromatic N) is 4. The van der Waals surface area contributed by atoms with Crippen molar-refractivity contribution < 1.29 is 9.84 Å². The molecule has 0 spiro atoms. The van der Waals surface area contributed by atoms with Crippen LogP contribution in [0.15, 0.2) is 6.07 Å². The highest BCUT2D eigenvalue weighted by Gasteiger charge is 2.30. The molecule has 3 N–H and O–H groups in total. The summed E-state index contributed by atoms with van der Waals surface area (Å²) in [6, 6.07) is 2.04. The Balaban J connectivity index is 1.63. The molecular weight excluding hydrogens is 282 g/mol. The highest BCUT2D eigenvalue weighted by molar-refractivity contribution is 5.45. The third-order valence-electron chi connectivity index (χ3n) is 4.59. The van der Waals surface area contributed by atoms with E-state index in [2.05, 4.69) is 19.8 Å². The van der Waals surface area contributed by atoms with Crippen molar-refractivity contribution in [2.45, 2.75) is 24.9 Å². The van der Waals surface area contributed by atoms with E-state index in [0.717, 1.165) is 63.7 Å². The van der Waals surface area contributed by atoms with E-state index in [1.54, 1.807) is 7.11 Å². The van der Waals surface area contributed by atoms with Gasteiger partial charge >= 0.3 is 0 Å². The Morgan fingerprint density at radius 2 is 2.00 bits per heavy atom. The van der Waals surface area contributed by atoms with Crippen molar-refractivity contribution in [2.75, 3.05) is 57.1 Å². The van der Waals surface area contributed by atoms with Crippen LogP contribution in [-0.2, 0) is 4.74 Å². The van der Waals surface area contributed by atoms with Crippen molar-refractivity contribution in [3.8, 4) is 0 Å². The van der Waals surface area contributed by atoms with Gasteiger partial charge in [-0.05, 0) is 12.8 Å². The summed E-state index contributed by atoms with van der Waals surface area (Å²) in [5.74, 6) is 1.56. The van der Waals surface area contributed by atoms with Crippen LogP contribution >= 0.6 is 0 Å². The van der Waals surface area contributed by atoms with E-state index < -0.39 is 0 Å². The zero-order chi connectivity index (χ0) is 15.5. The summed E-state index contributed by atoms with van der Waals surface area (Å²) < 4.78 is 5.13. The lowest BCUT2D eigenvalue weighted by molar-refractivity contribution is 0.0732. The van der Waals surface area contributed by atoms with Crippen molar-refractivity contribution in [1.82, 2.24) is 14.9 Å². The summed E-state index contributed by atoms with van der Waals surface area (Å²) in [4.78, 5) is 13.4. The van der Waals surface area contributed by atoms with Crippen molar-refractivity contribution in [1.29, 1.82) is 0 Å². The molecular formula is C15H25N5O2. The molecule has 0 radical (unpaired) electrons. The molecule has 7 nitrogen and oxygen atoms in total. The van der Waals surface area contributed by atoms with E-state index in [4.69, 9.17) is 10.5 Å². The number of aliphatic hydroxyl groups excluding tert-OH is 1. The monoisotopic (exact) mass is 307 g/mol. The van der Waals surface area contributed by atoms with Gasteiger partial charge in [0, 0.05) is 51.8 Å². The summed E-state index contributed by atoms with van der Waals surface area (Å²) in [7, 11) is 1.73. The molecule has 3 rings (SSSR count).